The molecule has 176 valence electrons. The average Bonchev–Trinajstić information content (AvgIpc) is 2.80. The van der Waals surface area contributed by atoms with E-state index in [9.17, 15) is 14.7 Å². The Balaban J connectivity index is 1.57. The third-order valence-corrected chi connectivity index (χ3v) is 7.01. The molecular weight excluding hydrogens is 484 g/mol. The highest BCUT2D eigenvalue weighted by Gasteiger charge is 2.52. The molecule has 7 nitrogen and oxygen atoms in total. The molecule has 0 saturated carbocycles. The molecule has 3 N–H and O–H groups in total. The van der Waals surface area contributed by atoms with Crippen molar-refractivity contribution in [3.05, 3.63) is 58.6 Å². The third kappa shape index (κ3) is 4.93. The van der Waals surface area contributed by atoms with Gasteiger partial charge in [-0.3, -0.25) is 9.69 Å². The highest BCUT2D eigenvalue weighted by atomic mass is 79.9. The van der Waals surface area contributed by atoms with Crippen LogP contribution in [0.5, 0.6) is 0 Å². The van der Waals surface area contributed by atoms with E-state index in [4.69, 9.17) is 0 Å². The molecule has 0 radical (unpaired) electrons. The molecule has 0 spiro atoms. The lowest BCUT2D eigenvalue weighted by atomic mass is 9.94. The summed E-state index contributed by atoms with van der Waals surface area (Å²) in [6.45, 7) is 7.82. The number of para-hydroxylation sites is 1. The second-order valence-electron chi connectivity index (χ2n) is 9.26. The summed E-state index contributed by atoms with van der Waals surface area (Å²) < 4.78 is 0.698. The van der Waals surface area contributed by atoms with Crippen molar-refractivity contribution in [1.82, 2.24) is 10.2 Å². The maximum Gasteiger partial charge on any atom is 0.329 e. The van der Waals surface area contributed by atoms with Crippen LogP contribution >= 0.6 is 15.9 Å². The molecule has 2 aliphatic rings. The smallest absolute Gasteiger partial charge is 0.329 e. The van der Waals surface area contributed by atoms with Gasteiger partial charge in [-0.1, -0.05) is 48.0 Å². The van der Waals surface area contributed by atoms with Crippen LogP contribution in [-0.4, -0.2) is 48.1 Å². The van der Waals surface area contributed by atoms with Crippen molar-refractivity contribution in [1.29, 1.82) is 0 Å². The highest BCUT2D eigenvalue weighted by molar-refractivity contribution is 9.10. The van der Waals surface area contributed by atoms with Crippen molar-refractivity contribution in [2.75, 3.05) is 36.4 Å². The number of piperidine rings is 1. The number of benzene rings is 2. The van der Waals surface area contributed by atoms with Gasteiger partial charge in [0.15, 0.2) is 0 Å². The first-order chi connectivity index (χ1) is 15.8. The monoisotopic (exact) mass is 514 g/mol. The van der Waals surface area contributed by atoms with Gasteiger partial charge in [-0.2, -0.15) is 0 Å². The Hall–Kier alpha value is -2.42. The molecule has 3 amide bonds. The van der Waals surface area contributed by atoms with Crippen LogP contribution in [-0.2, 0) is 10.5 Å². The fourth-order valence-corrected chi connectivity index (χ4v) is 4.96. The van der Waals surface area contributed by atoms with Gasteiger partial charge in [0, 0.05) is 28.8 Å². The minimum Gasteiger partial charge on any atom is -0.359 e. The Morgan fingerprint density at radius 3 is 2.64 bits per heavy atom. The van der Waals surface area contributed by atoms with E-state index in [1.54, 1.807) is 42.5 Å². The summed E-state index contributed by atoms with van der Waals surface area (Å²) in [5, 5.41) is 17.6. The Morgan fingerprint density at radius 1 is 1.24 bits per heavy atom. The van der Waals surface area contributed by atoms with E-state index >= 15 is 0 Å². The molecule has 2 atom stereocenters. The zero-order valence-corrected chi connectivity index (χ0v) is 20.6. The van der Waals surface area contributed by atoms with Gasteiger partial charge < -0.3 is 20.6 Å². The number of nitrogens with zero attached hydrogens (tertiary/aromatic N) is 2. The van der Waals surface area contributed by atoms with E-state index in [1.165, 1.54) is 12.8 Å². The number of rotatable bonds is 6. The van der Waals surface area contributed by atoms with Crippen LogP contribution in [0.2, 0.25) is 0 Å². The van der Waals surface area contributed by atoms with E-state index in [-0.39, 0.29) is 5.92 Å². The van der Waals surface area contributed by atoms with Crippen molar-refractivity contribution < 1.29 is 14.7 Å². The Bertz CT molecular complexity index is 1010. The van der Waals surface area contributed by atoms with Crippen molar-refractivity contribution in [2.24, 2.45) is 11.8 Å². The number of carbonyl (C=O) groups excluding carboxylic acids is 2. The van der Waals surface area contributed by atoms with E-state index in [0.29, 0.717) is 28.0 Å². The first-order valence-electron chi connectivity index (χ1n) is 11.5. The van der Waals surface area contributed by atoms with Crippen molar-refractivity contribution >= 4 is 39.2 Å². The molecule has 4 rings (SSSR count). The topological polar surface area (TPSA) is 84.9 Å². The fourth-order valence-electron chi connectivity index (χ4n) is 4.60. The molecule has 2 aromatic rings. The first kappa shape index (κ1) is 23.7. The number of likely N-dealkylation sites (tertiary alicyclic amines) is 1. The number of urea groups is 1. The van der Waals surface area contributed by atoms with Crippen LogP contribution in [0, 0.1) is 11.8 Å². The minimum absolute atomic E-state index is 0.204. The predicted molar refractivity (Wildman–Crippen MR) is 133 cm³/mol. The molecule has 1 saturated heterocycles. The maximum absolute atomic E-state index is 13.6. The Labute approximate surface area is 203 Å². The van der Waals surface area contributed by atoms with Crippen LogP contribution in [0.3, 0.4) is 0 Å². The SMILES string of the molecule is CC1CCN(C[C@@H](C)CNC(=O)[C@]2(O)c3cc(Br)ccc3NC(=O)N2c2ccccc2)CC1. The van der Waals surface area contributed by atoms with Crippen LogP contribution in [0.1, 0.15) is 32.3 Å². The number of aliphatic hydroxyl groups is 1. The molecule has 2 aromatic carbocycles. The zero-order valence-electron chi connectivity index (χ0n) is 19.1. The van der Waals surface area contributed by atoms with Crippen LogP contribution in [0.15, 0.2) is 53.0 Å². The third-order valence-electron chi connectivity index (χ3n) is 6.51. The van der Waals surface area contributed by atoms with Gasteiger partial charge in [-0.15, -0.1) is 0 Å². The summed E-state index contributed by atoms with van der Waals surface area (Å²) in [4.78, 5) is 30.1. The zero-order chi connectivity index (χ0) is 23.6. The van der Waals surface area contributed by atoms with Crippen LogP contribution < -0.4 is 15.5 Å². The van der Waals surface area contributed by atoms with E-state index in [0.717, 1.165) is 30.5 Å². The predicted octanol–water partition coefficient (Wildman–Crippen LogP) is 4.13. The standard InChI is InChI=1S/C25H31BrN4O3/c1-17-10-12-29(13-11-17)16-18(2)15-27-23(31)25(33)21-14-19(26)8-9-22(21)28-24(32)30(25)20-6-4-3-5-7-20/h3-9,14,17-18,33H,10-13,15-16H2,1-2H3,(H,27,31)(H,28,32)/t18-,25+/m0/s1. The summed E-state index contributed by atoms with van der Waals surface area (Å²) in [6, 6.07) is 13.3. The lowest BCUT2D eigenvalue weighted by molar-refractivity contribution is -0.140. The quantitative estimate of drug-likeness (QED) is 0.540. The molecule has 1 fully saturated rings. The highest BCUT2D eigenvalue weighted by Crippen LogP contribution is 2.40. The molecule has 8 heteroatoms. The lowest BCUT2D eigenvalue weighted by Gasteiger charge is -2.43. The summed E-state index contributed by atoms with van der Waals surface area (Å²) in [6.07, 6.45) is 2.40. The fraction of sp³-hybridized carbons (Fsp3) is 0.440. The van der Waals surface area contributed by atoms with Crippen LogP contribution in [0.25, 0.3) is 0 Å². The minimum atomic E-state index is -2.19. The van der Waals surface area contributed by atoms with Gasteiger partial charge in [0.25, 0.3) is 11.6 Å². The number of nitrogens with one attached hydrogen (secondary N) is 2. The van der Waals surface area contributed by atoms with Gasteiger partial charge in [-0.05, 0) is 68.1 Å². The van der Waals surface area contributed by atoms with Gasteiger partial charge in [0.05, 0.1) is 5.69 Å². The van der Waals surface area contributed by atoms with E-state index in [1.807, 2.05) is 6.07 Å². The Morgan fingerprint density at radius 2 is 1.94 bits per heavy atom. The van der Waals surface area contributed by atoms with Crippen LogP contribution in [0.4, 0.5) is 16.2 Å². The van der Waals surface area contributed by atoms with Gasteiger partial charge in [0.1, 0.15) is 0 Å². The van der Waals surface area contributed by atoms with Gasteiger partial charge in [-0.25, -0.2) is 4.79 Å². The molecule has 0 unspecified atom stereocenters. The normalized spacial score (nSPS) is 22.4. The van der Waals surface area contributed by atoms with E-state index in [2.05, 4.69) is 45.3 Å². The summed E-state index contributed by atoms with van der Waals surface area (Å²) in [5.41, 5.74) is -1.05. The largest absolute Gasteiger partial charge is 0.359 e. The van der Waals surface area contributed by atoms with Crippen molar-refractivity contribution in [3.63, 3.8) is 0 Å². The van der Waals surface area contributed by atoms with Gasteiger partial charge in [0.2, 0.25) is 0 Å². The maximum atomic E-state index is 13.6. The average molecular weight is 515 g/mol. The first-order valence-corrected chi connectivity index (χ1v) is 12.3. The van der Waals surface area contributed by atoms with E-state index < -0.39 is 17.7 Å². The molecule has 0 aromatic heterocycles. The number of hydrogen-bond donors (Lipinski definition) is 3. The Kier molecular flexibility index (Phi) is 7.07. The number of halogens is 1. The summed E-state index contributed by atoms with van der Waals surface area (Å²) in [5.74, 6) is 0.349. The van der Waals surface area contributed by atoms with Gasteiger partial charge >= 0.3 is 6.03 Å². The summed E-state index contributed by atoms with van der Waals surface area (Å²) in [7, 11) is 0. The molecular formula is C25H31BrN4O3. The van der Waals surface area contributed by atoms with Crippen molar-refractivity contribution in [3.8, 4) is 0 Å². The molecule has 2 heterocycles. The lowest BCUT2D eigenvalue weighted by Crippen LogP contribution is -2.63. The second kappa shape index (κ2) is 9.83. The molecule has 0 aliphatic carbocycles. The molecule has 33 heavy (non-hydrogen) atoms. The second-order valence-corrected chi connectivity index (χ2v) is 10.2. The number of hydrogen-bond acceptors (Lipinski definition) is 4. The molecule has 2 aliphatic heterocycles. The number of carbonyl (C=O) groups is 2. The number of amides is 3. The molecule has 0 bridgehead atoms. The van der Waals surface area contributed by atoms with Crippen molar-refractivity contribution in [2.45, 2.75) is 32.4 Å². The number of anilines is 2. The number of fused-ring (bicyclic) bond motifs is 1. The summed E-state index contributed by atoms with van der Waals surface area (Å²) >= 11 is 3.42.